The average molecular weight is 198 g/mol. The van der Waals surface area contributed by atoms with E-state index in [0.717, 1.165) is 19.0 Å². The molecule has 14 heavy (non-hydrogen) atoms. The molecule has 1 aliphatic heterocycles. The van der Waals surface area contributed by atoms with Crippen LogP contribution < -0.4 is 21.9 Å². The number of hydrogen-bond donors (Lipinski definition) is 4. The van der Waals surface area contributed by atoms with E-state index in [-0.39, 0.29) is 0 Å². The summed E-state index contributed by atoms with van der Waals surface area (Å²) in [5, 5.41) is 2.03. The van der Waals surface area contributed by atoms with Crippen LogP contribution in [0.1, 0.15) is 6.42 Å². The molecule has 1 aliphatic rings. The second-order valence-corrected chi connectivity index (χ2v) is 2.73. The van der Waals surface area contributed by atoms with E-state index in [9.17, 15) is 0 Å². The largest absolute Gasteiger partial charge is 0.352 e. The minimum absolute atomic E-state index is 0.833. The monoisotopic (exact) mass is 198 g/mol. The standard InChI is InChI=1S/C6H10N4.CH4N2O/c1-2-9-10(5-1)6-7-3-4-8-6;2-1(3)4/h3-4,9H,1-2,5H2,(H,7,8);(H4,2,3,4). The summed E-state index contributed by atoms with van der Waals surface area (Å²) in [6.07, 6.45) is 4.78. The third-order valence-corrected chi connectivity index (χ3v) is 1.60. The molecule has 0 spiro atoms. The summed E-state index contributed by atoms with van der Waals surface area (Å²) >= 11 is 0. The summed E-state index contributed by atoms with van der Waals surface area (Å²) in [7, 11) is 0. The number of primary amides is 2. The predicted molar refractivity (Wildman–Crippen MR) is 52.3 cm³/mol. The van der Waals surface area contributed by atoms with Crippen molar-refractivity contribution < 1.29 is 4.79 Å². The lowest BCUT2D eigenvalue weighted by atomic mass is 10.5. The molecule has 2 rings (SSSR count). The molecule has 0 saturated carbocycles. The van der Waals surface area contributed by atoms with Crippen LogP contribution in [0, 0.1) is 0 Å². The quantitative estimate of drug-likeness (QED) is 0.470. The number of H-pyrrole nitrogens is 1. The fourth-order valence-corrected chi connectivity index (χ4v) is 1.12. The van der Waals surface area contributed by atoms with Crippen molar-refractivity contribution in [2.75, 3.05) is 18.1 Å². The number of nitrogens with one attached hydrogen (secondary N) is 2. The van der Waals surface area contributed by atoms with Crippen molar-refractivity contribution in [2.24, 2.45) is 11.5 Å². The molecular formula is C7H14N6O. The maximum Gasteiger partial charge on any atom is 0.309 e. The molecular weight excluding hydrogens is 184 g/mol. The van der Waals surface area contributed by atoms with Crippen LogP contribution in [0.4, 0.5) is 10.7 Å². The van der Waals surface area contributed by atoms with Crippen molar-refractivity contribution in [1.29, 1.82) is 0 Å². The van der Waals surface area contributed by atoms with Gasteiger partial charge in [-0.05, 0) is 6.42 Å². The molecule has 7 nitrogen and oxygen atoms in total. The summed E-state index contributed by atoms with van der Waals surface area (Å²) in [5.74, 6) is 0.914. The molecule has 7 heteroatoms. The van der Waals surface area contributed by atoms with Crippen molar-refractivity contribution in [3.05, 3.63) is 12.4 Å². The molecule has 1 fully saturated rings. The van der Waals surface area contributed by atoms with Crippen molar-refractivity contribution in [2.45, 2.75) is 6.42 Å². The number of rotatable bonds is 1. The van der Waals surface area contributed by atoms with Gasteiger partial charge in [0.1, 0.15) is 0 Å². The third kappa shape index (κ3) is 3.31. The maximum atomic E-state index is 9.00. The van der Waals surface area contributed by atoms with Gasteiger partial charge >= 0.3 is 6.03 Å². The number of hydrazine groups is 1. The van der Waals surface area contributed by atoms with E-state index >= 15 is 0 Å². The fourth-order valence-electron chi connectivity index (χ4n) is 1.12. The first kappa shape index (κ1) is 10.3. The molecule has 6 N–H and O–H groups in total. The summed E-state index contributed by atoms with van der Waals surface area (Å²) in [6.45, 7) is 2.11. The van der Waals surface area contributed by atoms with Crippen LogP contribution >= 0.6 is 0 Å². The van der Waals surface area contributed by atoms with Gasteiger partial charge in [-0.25, -0.2) is 15.2 Å². The minimum atomic E-state index is -0.833. The SMILES string of the molecule is NC(N)=O.c1c[nH]c(N2CCCN2)n1. The van der Waals surface area contributed by atoms with Crippen molar-refractivity contribution in [1.82, 2.24) is 15.4 Å². The molecule has 0 aromatic carbocycles. The van der Waals surface area contributed by atoms with Crippen molar-refractivity contribution in [3.63, 3.8) is 0 Å². The number of imidazole rings is 1. The van der Waals surface area contributed by atoms with Gasteiger partial charge in [0.05, 0.1) is 0 Å². The lowest BCUT2D eigenvalue weighted by Crippen LogP contribution is -2.31. The number of amides is 2. The number of anilines is 1. The Labute approximate surface area is 81.4 Å². The van der Waals surface area contributed by atoms with Gasteiger partial charge in [0.2, 0.25) is 5.95 Å². The van der Waals surface area contributed by atoms with Gasteiger partial charge in [-0.1, -0.05) is 0 Å². The molecule has 0 aliphatic carbocycles. The van der Waals surface area contributed by atoms with Crippen molar-refractivity contribution >= 4 is 12.0 Å². The Morgan fingerprint density at radius 1 is 1.57 bits per heavy atom. The Kier molecular flexibility index (Phi) is 3.74. The van der Waals surface area contributed by atoms with Crippen LogP contribution in [-0.2, 0) is 0 Å². The topological polar surface area (TPSA) is 113 Å². The van der Waals surface area contributed by atoms with Gasteiger partial charge in [0.25, 0.3) is 0 Å². The van der Waals surface area contributed by atoms with Crippen molar-refractivity contribution in [3.8, 4) is 0 Å². The number of carbonyl (C=O) groups excluding carboxylic acids is 1. The molecule has 1 aromatic heterocycles. The molecule has 78 valence electrons. The van der Waals surface area contributed by atoms with Crippen LogP contribution in [0.5, 0.6) is 0 Å². The zero-order valence-corrected chi connectivity index (χ0v) is 7.73. The molecule has 0 bridgehead atoms. The number of urea groups is 1. The molecule has 1 aromatic rings. The average Bonchev–Trinajstić information content (AvgIpc) is 2.76. The maximum absolute atomic E-state index is 9.00. The number of aromatic nitrogens is 2. The van der Waals surface area contributed by atoms with E-state index < -0.39 is 6.03 Å². The normalized spacial score (nSPS) is 14.7. The van der Waals surface area contributed by atoms with Gasteiger partial charge in [0.15, 0.2) is 0 Å². The second kappa shape index (κ2) is 5.07. The van der Waals surface area contributed by atoms with Crippen LogP contribution in [0.3, 0.4) is 0 Å². The summed E-state index contributed by atoms with van der Waals surface area (Å²) in [4.78, 5) is 16.1. The van der Waals surface area contributed by atoms with E-state index in [2.05, 4.69) is 26.9 Å². The number of aromatic amines is 1. The Morgan fingerprint density at radius 3 is 2.71 bits per heavy atom. The highest BCUT2D eigenvalue weighted by molar-refractivity contribution is 5.69. The van der Waals surface area contributed by atoms with Gasteiger partial charge < -0.3 is 16.5 Å². The second-order valence-electron chi connectivity index (χ2n) is 2.73. The third-order valence-electron chi connectivity index (χ3n) is 1.60. The van der Waals surface area contributed by atoms with Crippen LogP contribution in [0.15, 0.2) is 12.4 Å². The van der Waals surface area contributed by atoms with E-state index in [1.807, 2.05) is 11.2 Å². The van der Waals surface area contributed by atoms with Gasteiger partial charge in [-0.2, -0.15) is 0 Å². The molecule has 2 heterocycles. The minimum Gasteiger partial charge on any atom is -0.352 e. The highest BCUT2D eigenvalue weighted by Crippen LogP contribution is 2.06. The highest BCUT2D eigenvalue weighted by atomic mass is 16.2. The molecule has 2 amide bonds. The highest BCUT2D eigenvalue weighted by Gasteiger charge is 2.12. The zero-order chi connectivity index (χ0) is 10.4. The van der Waals surface area contributed by atoms with Crippen LogP contribution in [0.25, 0.3) is 0 Å². The lowest BCUT2D eigenvalue weighted by molar-refractivity contribution is 0.256. The summed E-state index contributed by atoms with van der Waals surface area (Å²) in [6, 6.07) is -0.833. The Morgan fingerprint density at radius 2 is 2.29 bits per heavy atom. The number of hydrogen-bond acceptors (Lipinski definition) is 4. The smallest absolute Gasteiger partial charge is 0.309 e. The molecule has 1 saturated heterocycles. The summed E-state index contributed by atoms with van der Waals surface area (Å²) < 4.78 is 0. The first-order chi connectivity index (χ1) is 6.70. The van der Waals surface area contributed by atoms with Gasteiger partial charge in [0, 0.05) is 25.5 Å². The predicted octanol–water partition coefficient (Wildman–Crippen LogP) is -0.852. The molecule has 0 radical (unpaired) electrons. The van der Waals surface area contributed by atoms with E-state index in [0.29, 0.717) is 0 Å². The molecule has 0 unspecified atom stereocenters. The number of carbonyl (C=O) groups is 1. The van der Waals surface area contributed by atoms with E-state index in [4.69, 9.17) is 4.79 Å². The Balaban J connectivity index is 0.000000213. The molecule has 0 atom stereocenters. The number of nitrogens with zero attached hydrogens (tertiary/aromatic N) is 2. The van der Waals surface area contributed by atoms with Gasteiger partial charge in [-0.3, -0.25) is 5.01 Å². The van der Waals surface area contributed by atoms with Crippen LogP contribution in [-0.4, -0.2) is 29.1 Å². The summed E-state index contributed by atoms with van der Waals surface area (Å²) in [5.41, 5.74) is 11.7. The first-order valence-electron chi connectivity index (χ1n) is 4.25. The zero-order valence-electron chi connectivity index (χ0n) is 7.73. The van der Waals surface area contributed by atoms with E-state index in [1.165, 1.54) is 6.42 Å². The Hall–Kier alpha value is -1.76. The number of nitrogens with two attached hydrogens (primary N) is 2. The Bertz CT molecular complexity index is 262. The first-order valence-corrected chi connectivity index (χ1v) is 4.25. The fraction of sp³-hybridized carbons (Fsp3) is 0.429. The lowest BCUT2D eigenvalue weighted by Gasteiger charge is -2.12. The van der Waals surface area contributed by atoms with Gasteiger partial charge in [-0.15, -0.1) is 0 Å². The van der Waals surface area contributed by atoms with E-state index in [1.54, 1.807) is 6.20 Å². The van der Waals surface area contributed by atoms with Crippen LogP contribution in [0.2, 0.25) is 0 Å².